The number of hydrogen-bond donors (Lipinski definition) is 0. The Balaban J connectivity index is 0.000000301. The third kappa shape index (κ3) is 4.43. The SMILES string of the molecule is CCS(=O)(=O)[O-].CC[n+]1c(C)oc2ccc(-c3ccccc3)cc21. The predicted octanol–water partition coefficient (Wildman–Crippen LogP) is 3.27. The summed E-state index contributed by atoms with van der Waals surface area (Å²) in [4.78, 5) is 0. The third-order valence-electron chi connectivity index (χ3n) is 3.66. The number of nitrogens with zero attached hydrogens (tertiary/aromatic N) is 1. The van der Waals surface area contributed by atoms with Crippen LogP contribution in [0.3, 0.4) is 0 Å². The largest absolute Gasteiger partial charge is 0.748 e. The lowest BCUT2D eigenvalue weighted by Crippen LogP contribution is -2.33. The Labute approximate surface area is 142 Å². The van der Waals surface area contributed by atoms with Gasteiger partial charge in [-0.1, -0.05) is 43.3 Å². The van der Waals surface area contributed by atoms with Crippen molar-refractivity contribution in [3.63, 3.8) is 0 Å². The Morgan fingerprint density at radius 3 is 2.21 bits per heavy atom. The Bertz CT molecular complexity index is 915. The van der Waals surface area contributed by atoms with Crippen molar-refractivity contribution < 1.29 is 22.0 Å². The normalized spacial score (nSPS) is 11.2. The molecule has 0 aliphatic heterocycles. The molecule has 5 nitrogen and oxygen atoms in total. The van der Waals surface area contributed by atoms with Crippen molar-refractivity contribution in [1.29, 1.82) is 0 Å². The van der Waals surface area contributed by atoms with Crippen LogP contribution in [0.4, 0.5) is 0 Å². The summed E-state index contributed by atoms with van der Waals surface area (Å²) >= 11 is 0. The van der Waals surface area contributed by atoms with Crippen molar-refractivity contribution in [2.75, 3.05) is 5.75 Å². The van der Waals surface area contributed by atoms with Crippen LogP contribution >= 0.6 is 0 Å². The smallest absolute Gasteiger partial charge is 0.344 e. The fourth-order valence-corrected chi connectivity index (χ4v) is 2.40. The zero-order valence-corrected chi connectivity index (χ0v) is 14.8. The molecular weight excluding hydrogens is 326 g/mol. The highest BCUT2D eigenvalue weighted by Crippen LogP contribution is 2.23. The van der Waals surface area contributed by atoms with Crippen molar-refractivity contribution in [1.82, 2.24) is 0 Å². The van der Waals surface area contributed by atoms with Crippen molar-refractivity contribution in [2.24, 2.45) is 0 Å². The van der Waals surface area contributed by atoms with Gasteiger partial charge in [0.15, 0.2) is 0 Å². The fourth-order valence-electron chi connectivity index (χ4n) is 2.40. The highest BCUT2D eigenvalue weighted by atomic mass is 32.2. The number of hydrogen-bond acceptors (Lipinski definition) is 4. The van der Waals surface area contributed by atoms with E-state index in [2.05, 4.69) is 54.0 Å². The molecule has 0 radical (unpaired) electrons. The average Bonchev–Trinajstić information content (AvgIpc) is 2.89. The van der Waals surface area contributed by atoms with Crippen LogP contribution in [0.25, 0.3) is 22.2 Å². The third-order valence-corrected chi connectivity index (χ3v) is 4.37. The summed E-state index contributed by atoms with van der Waals surface area (Å²) in [6.07, 6.45) is 0. The molecule has 0 saturated carbocycles. The Morgan fingerprint density at radius 1 is 1.04 bits per heavy atom. The molecule has 2 aromatic carbocycles. The number of fused-ring (bicyclic) bond motifs is 1. The van der Waals surface area contributed by atoms with Gasteiger partial charge in [0.2, 0.25) is 5.58 Å². The quantitative estimate of drug-likeness (QED) is 0.538. The van der Waals surface area contributed by atoms with Crippen LogP contribution in [-0.4, -0.2) is 18.7 Å². The number of rotatable bonds is 3. The van der Waals surface area contributed by atoms with E-state index in [0.29, 0.717) is 0 Å². The van der Waals surface area contributed by atoms with Gasteiger partial charge in [0, 0.05) is 11.8 Å². The molecule has 0 unspecified atom stereocenters. The highest BCUT2D eigenvalue weighted by molar-refractivity contribution is 7.85. The van der Waals surface area contributed by atoms with Gasteiger partial charge in [-0.2, -0.15) is 4.57 Å². The topological polar surface area (TPSA) is 74.2 Å². The van der Waals surface area contributed by atoms with Gasteiger partial charge in [-0.3, -0.25) is 0 Å². The van der Waals surface area contributed by atoms with Crippen molar-refractivity contribution in [3.8, 4) is 11.1 Å². The maximum atomic E-state index is 9.44. The lowest BCUT2D eigenvalue weighted by molar-refractivity contribution is -0.679. The van der Waals surface area contributed by atoms with Crippen LogP contribution in [0, 0.1) is 6.92 Å². The van der Waals surface area contributed by atoms with E-state index in [-0.39, 0.29) is 5.75 Å². The first-order valence-electron chi connectivity index (χ1n) is 7.77. The lowest BCUT2D eigenvalue weighted by Gasteiger charge is -1.99. The van der Waals surface area contributed by atoms with E-state index in [1.165, 1.54) is 18.1 Å². The van der Waals surface area contributed by atoms with Gasteiger partial charge >= 0.3 is 5.89 Å². The molecule has 0 spiro atoms. The van der Waals surface area contributed by atoms with Gasteiger partial charge in [-0.15, -0.1) is 0 Å². The summed E-state index contributed by atoms with van der Waals surface area (Å²) in [6, 6.07) is 16.8. The van der Waals surface area contributed by atoms with Crippen LogP contribution in [0.2, 0.25) is 0 Å². The standard InChI is InChI=1S/C16H16NO.C2H6O3S/c1-3-17-12(2)18-16-10-9-14(11-15(16)17)13-7-5-4-6-8-13;1-2-6(3,4)5/h4-11H,3H2,1-2H3;2H2,1H3,(H,3,4,5)/q+1;/p-1. The maximum absolute atomic E-state index is 9.44. The second kappa shape index (κ2) is 7.59. The summed E-state index contributed by atoms with van der Waals surface area (Å²) in [7, 11) is -3.91. The van der Waals surface area contributed by atoms with E-state index >= 15 is 0 Å². The summed E-state index contributed by atoms with van der Waals surface area (Å²) in [6.45, 7) is 6.38. The molecule has 0 saturated heterocycles. The molecule has 24 heavy (non-hydrogen) atoms. The first-order chi connectivity index (χ1) is 11.4. The fraction of sp³-hybridized carbons (Fsp3) is 0.278. The van der Waals surface area contributed by atoms with Crippen molar-refractivity contribution in [3.05, 3.63) is 54.4 Å². The molecule has 1 heterocycles. The molecule has 0 aliphatic carbocycles. The predicted molar refractivity (Wildman–Crippen MR) is 92.5 cm³/mol. The molecule has 1 aromatic heterocycles. The van der Waals surface area contributed by atoms with E-state index in [1.54, 1.807) is 0 Å². The van der Waals surface area contributed by atoms with Gasteiger partial charge in [0.1, 0.15) is 6.54 Å². The zero-order chi connectivity index (χ0) is 17.7. The van der Waals surface area contributed by atoms with E-state index in [0.717, 1.165) is 23.5 Å². The van der Waals surface area contributed by atoms with E-state index in [1.807, 2.05) is 13.0 Å². The number of benzene rings is 2. The monoisotopic (exact) mass is 347 g/mol. The highest BCUT2D eigenvalue weighted by Gasteiger charge is 2.17. The molecule has 3 rings (SSSR count). The van der Waals surface area contributed by atoms with Gasteiger partial charge in [0.05, 0.1) is 17.0 Å². The van der Waals surface area contributed by atoms with Crippen LogP contribution in [-0.2, 0) is 16.7 Å². The van der Waals surface area contributed by atoms with Gasteiger partial charge in [-0.05, 0) is 24.1 Å². The van der Waals surface area contributed by atoms with Crippen LogP contribution < -0.4 is 4.57 Å². The summed E-state index contributed by atoms with van der Waals surface area (Å²) in [5.74, 6) is 0.644. The van der Waals surface area contributed by atoms with Crippen LogP contribution in [0.15, 0.2) is 52.9 Å². The summed E-state index contributed by atoms with van der Waals surface area (Å²) in [5.41, 5.74) is 4.58. The van der Waals surface area contributed by atoms with Gasteiger partial charge in [-0.25, -0.2) is 8.42 Å². The van der Waals surface area contributed by atoms with Crippen LogP contribution in [0.5, 0.6) is 0 Å². The minimum atomic E-state index is -3.91. The van der Waals surface area contributed by atoms with Crippen molar-refractivity contribution in [2.45, 2.75) is 27.3 Å². The van der Waals surface area contributed by atoms with Crippen molar-refractivity contribution >= 4 is 21.2 Å². The zero-order valence-electron chi connectivity index (χ0n) is 14.0. The first kappa shape index (κ1) is 18.2. The minimum Gasteiger partial charge on any atom is -0.748 e. The molecule has 0 aliphatic rings. The Hall–Kier alpha value is -2.18. The molecule has 3 aromatic rings. The van der Waals surface area contributed by atoms with Crippen LogP contribution in [0.1, 0.15) is 19.7 Å². The average molecular weight is 347 g/mol. The molecule has 0 N–H and O–H groups in total. The number of oxazole rings is 1. The molecule has 0 fully saturated rings. The van der Waals surface area contributed by atoms with E-state index < -0.39 is 10.1 Å². The minimum absolute atomic E-state index is 0.312. The second-order valence-electron chi connectivity index (χ2n) is 5.26. The van der Waals surface area contributed by atoms with Gasteiger partial charge < -0.3 is 8.97 Å². The van der Waals surface area contributed by atoms with Gasteiger partial charge in [0.25, 0.3) is 5.52 Å². The lowest BCUT2D eigenvalue weighted by atomic mass is 10.1. The Morgan fingerprint density at radius 2 is 1.67 bits per heavy atom. The summed E-state index contributed by atoms with van der Waals surface area (Å²) < 4.78 is 36.3. The molecule has 0 amide bonds. The molecule has 0 bridgehead atoms. The molecule has 0 atom stereocenters. The second-order valence-corrected chi connectivity index (χ2v) is 6.95. The number of aryl methyl sites for hydroxylation is 2. The molecule has 128 valence electrons. The first-order valence-corrected chi connectivity index (χ1v) is 9.35. The van der Waals surface area contributed by atoms with E-state index in [9.17, 15) is 13.0 Å². The molecule has 6 heteroatoms. The molecular formula is C18H21NO4S. The Kier molecular flexibility index (Phi) is 5.75. The number of aromatic nitrogens is 1. The summed E-state index contributed by atoms with van der Waals surface area (Å²) in [5, 5.41) is 0. The van der Waals surface area contributed by atoms with E-state index in [4.69, 9.17) is 4.42 Å². The maximum Gasteiger partial charge on any atom is 0.344 e.